The summed E-state index contributed by atoms with van der Waals surface area (Å²) in [6.07, 6.45) is 2.99. The van der Waals surface area contributed by atoms with Crippen molar-refractivity contribution in [1.29, 1.82) is 0 Å². The minimum absolute atomic E-state index is 0.0735. The molecule has 4 amide bonds. The fourth-order valence-electron chi connectivity index (χ4n) is 5.92. The molecule has 3 aromatic carbocycles. The number of halogens is 3. The lowest BCUT2D eigenvalue weighted by molar-refractivity contribution is -0.161. The number of carbonyl (C=O) groups is 5. The Bertz CT molecular complexity index is 2060. The molecule has 13 nitrogen and oxygen atoms in total. The third-order valence-corrected chi connectivity index (χ3v) is 9.00. The van der Waals surface area contributed by atoms with E-state index in [4.69, 9.17) is 16.3 Å². The quantitative estimate of drug-likeness (QED) is 0.154. The number of carbonyl (C=O) groups excluding carboxylic acids is 5. The number of ketones is 1. The highest BCUT2D eigenvalue weighted by Crippen LogP contribution is 2.22. The Morgan fingerprint density at radius 2 is 1.53 bits per heavy atom. The second kappa shape index (κ2) is 18.9. The molecule has 5 rings (SSSR count). The average Bonchev–Trinajstić information content (AvgIpc) is 3.48. The summed E-state index contributed by atoms with van der Waals surface area (Å²) in [6, 6.07) is 20.9. The van der Waals surface area contributed by atoms with Gasteiger partial charge < -0.3 is 20.3 Å². The number of nitrogens with one attached hydrogen (secondary N) is 3. The molecule has 1 aromatic heterocycles. The highest BCUT2D eigenvalue weighted by Gasteiger charge is 2.50. The first-order valence-electron chi connectivity index (χ1n) is 17.6. The van der Waals surface area contributed by atoms with Gasteiger partial charge in [0.15, 0.2) is 0 Å². The molecule has 2 heterocycles. The maximum absolute atomic E-state index is 15.6. The summed E-state index contributed by atoms with van der Waals surface area (Å²) in [7, 11) is 0. The molecular formula is C39H39ClF2N6O7. The lowest BCUT2D eigenvalue weighted by atomic mass is 9.98. The Morgan fingerprint density at radius 1 is 0.873 bits per heavy atom. The molecule has 1 aliphatic heterocycles. The van der Waals surface area contributed by atoms with Crippen LogP contribution in [0.3, 0.4) is 0 Å². The summed E-state index contributed by atoms with van der Waals surface area (Å²) in [5.41, 5.74) is 0.0796. The molecule has 1 aliphatic rings. The van der Waals surface area contributed by atoms with Gasteiger partial charge in [-0.2, -0.15) is 8.78 Å². The van der Waals surface area contributed by atoms with Gasteiger partial charge in [-0.1, -0.05) is 97.2 Å². The lowest BCUT2D eigenvalue weighted by Crippen LogP contribution is -2.56. The van der Waals surface area contributed by atoms with Gasteiger partial charge in [0.2, 0.25) is 17.6 Å². The number of benzene rings is 3. The second-order valence-corrected chi connectivity index (χ2v) is 13.2. The van der Waals surface area contributed by atoms with Crippen LogP contribution in [0.2, 0.25) is 5.02 Å². The van der Waals surface area contributed by atoms with Gasteiger partial charge in [0, 0.05) is 30.1 Å². The Labute approximate surface area is 320 Å². The summed E-state index contributed by atoms with van der Waals surface area (Å²) >= 11 is 6.18. The first kappa shape index (κ1) is 40.2. The van der Waals surface area contributed by atoms with Crippen molar-refractivity contribution < 1.29 is 37.5 Å². The maximum atomic E-state index is 15.6. The molecule has 1 saturated heterocycles. The molecule has 1 unspecified atom stereocenters. The zero-order valence-corrected chi connectivity index (χ0v) is 30.4. The molecule has 0 aliphatic carbocycles. The smallest absolute Gasteiger partial charge is 0.412 e. The largest absolute Gasteiger partial charge is 0.444 e. The number of amides is 4. The van der Waals surface area contributed by atoms with Crippen molar-refractivity contribution in [2.45, 2.75) is 57.2 Å². The van der Waals surface area contributed by atoms with Gasteiger partial charge in [0.1, 0.15) is 24.7 Å². The number of aromatic nitrogens is 2. The standard InChI is InChI=1S/C39H39ClF2N6O7/c40-29-17-11-16-28(21-29)35-43-22-31(46-38(54)55-25-27-14-7-4-8-15-27)36(52)48(35)24-32(49)45-30(20-26-12-5-3-6-13-26)34(51)39(41,42)37(53)44-23-33(50)47-18-9-1-2-10-19-47/h3-8,11-17,21-22,30H,1-2,9-10,18-20,23-25H2,(H,44,53)(H,45,49)(H,46,54). The van der Waals surface area contributed by atoms with Crippen LogP contribution >= 0.6 is 11.6 Å². The summed E-state index contributed by atoms with van der Waals surface area (Å²) in [6.45, 7) is -0.827. The van der Waals surface area contributed by atoms with Crippen LogP contribution in [0.15, 0.2) is 95.9 Å². The number of alkyl halides is 2. The van der Waals surface area contributed by atoms with Crippen LogP contribution < -0.4 is 21.5 Å². The fraction of sp³-hybridized carbons (Fsp3) is 0.308. The van der Waals surface area contributed by atoms with E-state index in [-0.39, 0.29) is 23.1 Å². The summed E-state index contributed by atoms with van der Waals surface area (Å²) < 4.78 is 37.2. The summed E-state index contributed by atoms with van der Waals surface area (Å²) in [4.78, 5) is 84.7. The van der Waals surface area contributed by atoms with Crippen LogP contribution in [0.1, 0.15) is 36.8 Å². The van der Waals surface area contributed by atoms with E-state index in [0.29, 0.717) is 29.8 Å². The van der Waals surface area contributed by atoms with Crippen molar-refractivity contribution in [2.24, 2.45) is 0 Å². The van der Waals surface area contributed by atoms with E-state index in [1.165, 1.54) is 11.0 Å². The van der Waals surface area contributed by atoms with Crippen LogP contribution in [0.25, 0.3) is 11.4 Å². The summed E-state index contributed by atoms with van der Waals surface area (Å²) in [5, 5.41) is 6.74. The predicted octanol–water partition coefficient (Wildman–Crippen LogP) is 4.76. The van der Waals surface area contributed by atoms with Gasteiger partial charge in [0.25, 0.3) is 11.5 Å². The normalized spacial score (nSPS) is 13.5. The molecule has 0 radical (unpaired) electrons. The van der Waals surface area contributed by atoms with E-state index in [1.807, 2.05) is 5.32 Å². The van der Waals surface area contributed by atoms with Crippen LogP contribution in [0.5, 0.6) is 0 Å². The first-order chi connectivity index (χ1) is 26.4. The maximum Gasteiger partial charge on any atom is 0.412 e. The zero-order valence-electron chi connectivity index (χ0n) is 29.6. The molecule has 1 atom stereocenters. The van der Waals surface area contributed by atoms with E-state index in [2.05, 4.69) is 15.6 Å². The van der Waals surface area contributed by atoms with E-state index < -0.39 is 66.6 Å². The van der Waals surface area contributed by atoms with Crippen LogP contribution in [0.4, 0.5) is 19.3 Å². The lowest BCUT2D eigenvalue weighted by Gasteiger charge is -2.24. The van der Waals surface area contributed by atoms with Gasteiger partial charge >= 0.3 is 12.0 Å². The second-order valence-electron chi connectivity index (χ2n) is 12.8. The molecule has 288 valence electrons. The van der Waals surface area contributed by atoms with Gasteiger partial charge in [-0.05, 0) is 36.1 Å². The van der Waals surface area contributed by atoms with Crippen molar-refractivity contribution in [2.75, 3.05) is 25.0 Å². The molecule has 0 bridgehead atoms. The molecular weight excluding hydrogens is 738 g/mol. The Hall–Kier alpha value is -5.96. The third kappa shape index (κ3) is 11.0. The topological polar surface area (TPSA) is 169 Å². The fourth-order valence-corrected chi connectivity index (χ4v) is 6.11. The number of rotatable bonds is 14. The van der Waals surface area contributed by atoms with Crippen molar-refractivity contribution in [3.05, 3.63) is 118 Å². The molecule has 1 fully saturated rings. The minimum Gasteiger partial charge on any atom is -0.444 e. The minimum atomic E-state index is -4.65. The number of hydrogen-bond donors (Lipinski definition) is 3. The van der Waals surface area contributed by atoms with Gasteiger partial charge in [-0.25, -0.2) is 9.78 Å². The number of anilines is 1. The highest BCUT2D eigenvalue weighted by molar-refractivity contribution is 6.30. The number of likely N-dealkylation sites (tertiary alicyclic amines) is 1. The Balaban J connectivity index is 1.36. The van der Waals surface area contributed by atoms with Crippen LogP contribution in [-0.4, -0.2) is 75.6 Å². The van der Waals surface area contributed by atoms with E-state index in [0.717, 1.165) is 36.4 Å². The summed E-state index contributed by atoms with van der Waals surface area (Å²) in [5.74, 6) is -10.3. The van der Waals surface area contributed by atoms with Crippen LogP contribution in [-0.2, 0) is 43.5 Å². The van der Waals surface area contributed by atoms with Gasteiger partial charge in [-0.3, -0.25) is 33.9 Å². The molecule has 0 saturated carbocycles. The Morgan fingerprint density at radius 3 is 2.18 bits per heavy atom. The predicted molar refractivity (Wildman–Crippen MR) is 199 cm³/mol. The van der Waals surface area contributed by atoms with Gasteiger partial charge in [-0.15, -0.1) is 0 Å². The monoisotopic (exact) mass is 776 g/mol. The molecule has 4 aromatic rings. The van der Waals surface area contributed by atoms with Crippen molar-refractivity contribution in [3.8, 4) is 11.4 Å². The van der Waals surface area contributed by atoms with E-state index >= 15 is 8.78 Å². The molecule has 55 heavy (non-hydrogen) atoms. The van der Waals surface area contributed by atoms with Crippen molar-refractivity contribution in [3.63, 3.8) is 0 Å². The van der Waals surface area contributed by atoms with E-state index in [9.17, 15) is 28.8 Å². The van der Waals surface area contributed by atoms with Crippen molar-refractivity contribution in [1.82, 2.24) is 25.1 Å². The highest BCUT2D eigenvalue weighted by atomic mass is 35.5. The number of nitrogens with zero attached hydrogens (tertiary/aromatic N) is 3. The zero-order chi connectivity index (χ0) is 39.4. The number of ether oxygens (including phenoxy) is 1. The SMILES string of the molecule is O=C(Cn1c(-c2cccc(Cl)c2)ncc(NC(=O)OCc2ccccc2)c1=O)NC(Cc1ccccc1)C(=O)C(F)(F)C(=O)NCC(=O)N1CCCCCC1. The van der Waals surface area contributed by atoms with Crippen molar-refractivity contribution >= 4 is 46.9 Å². The average molecular weight is 777 g/mol. The third-order valence-electron chi connectivity index (χ3n) is 8.77. The first-order valence-corrected chi connectivity index (χ1v) is 17.9. The van der Waals surface area contributed by atoms with Gasteiger partial charge in [0.05, 0.1) is 18.8 Å². The van der Waals surface area contributed by atoms with E-state index in [1.54, 1.807) is 78.9 Å². The number of Topliss-reactive ketones (excluding diaryl/α,β-unsaturated/α-hetero) is 1. The molecule has 0 spiro atoms. The van der Waals surface area contributed by atoms with Crippen LogP contribution in [0, 0.1) is 0 Å². The molecule has 16 heteroatoms. The molecule has 3 N–H and O–H groups in total. The number of hydrogen-bond acceptors (Lipinski definition) is 8. The Kier molecular flexibility index (Phi) is 13.8.